The van der Waals surface area contributed by atoms with E-state index in [4.69, 9.17) is 0 Å². The quantitative estimate of drug-likeness (QED) is 0.740. The lowest BCUT2D eigenvalue weighted by Gasteiger charge is -2.17. The number of rotatable bonds is 2. The Kier molecular flexibility index (Phi) is 3.18. The van der Waals surface area contributed by atoms with Crippen molar-refractivity contribution in [2.24, 2.45) is 5.92 Å². The number of pyridine rings is 1. The van der Waals surface area contributed by atoms with Crippen molar-refractivity contribution in [1.82, 2.24) is 9.38 Å². The van der Waals surface area contributed by atoms with Crippen LogP contribution in [0.1, 0.15) is 40.7 Å². The van der Waals surface area contributed by atoms with Crippen LogP contribution in [0.2, 0.25) is 0 Å². The number of aromatic nitrogens is 2. The maximum Gasteiger partial charge on any atom is 0.256 e. The predicted octanol–water partition coefficient (Wildman–Crippen LogP) is 2.98. The molecule has 2 aromatic heterocycles. The van der Waals surface area contributed by atoms with Crippen molar-refractivity contribution >= 4 is 11.4 Å². The van der Waals surface area contributed by atoms with Gasteiger partial charge in [-0.2, -0.15) is 0 Å². The number of imidazole rings is 1. The van der Waals surface area contributed by atoms with Crippen LogP contribution in [0.4, 0.5) is 0 Å². The number of fused-ring (bicyclic) bond motifs is 3. The van der Waals surface area contributed by atoms with Crippen LogP contribution >= 0.6 is 0 Å². The molecule has 4 rings (SSSR count). The Morgan fingerprint density at radius 1 is 1.17 bits per heavy atom. The van der Waals surface area contributed by atoms with Crippen LogP contribution < -0.4 is 5.56 Å². The first kappa shape index (κ1) is 14.0. The summed E-state index contributed by atoms with van der Waals surface area (Å²) in [5.41, 5.74) is 3.87. The molecular weight excluding hydrogens is 288 g/mol. The minimum Gasteiger partial charge on any atom is -0.343 e. The topological polar surface area (TPSA) is 54.3 Å². The summed E-state index contributed by atoms with van der Waals surface area (Å²) in [5, 5.41) is 0. The van der Waals surface area contributed by atoms with Crippen molar-refractivity contribution in [3.05, 3.63) is 75.3 Å². The van der Waals surface area contributed by atoms with Gasteiger partial charge in [0.2, 0.25) is 0 Å². The molecule has 23 heavy (non-hydrogen) atoms. The molecule has 1 aromatic carbocycles. The van der Waals surface area contributed by atoms with E-state index in [0.717, 1.165) is 30.7 Å². The van der Waals surface area contributed by atoms with Crippen LogP contribution in [-0.2, 0) is 12.8 Å². The molecule has 0 radical (unpaired) electrons. The van der Waals surface area contributed by atoms with Crippen molar-refractivity contribution in [3.8, 4) is 0 Å². The fraction of sp³-hybridized carbons (Fsp3) is 0.263. The van der Waals surface area contributed by atoms with E-state index >= 15 is 0 Å². The standard InChI is InChI=1S/C19H18N2O2/c1-12-7-9-15-16(11-12)21-17(22)10-8-14(19(21)20-15)18(23)13-5-3-2-4-6-13/h2-6,8,10,12,20H,7,9,11H2,1H3. The number of carbonyl (C=O) groups is 1. The Labute approximate surface area is 133 Å². The van der Waals surface area contributed by atoms with E-state index in [1.165, 1.54) is 6.07 Å². The molecule has 1 N–H and O–H groups in total. The lowest BCUT2D eigenvalue weighted by Crippen LogP contribution is -2.20. The number of aryl methyl sites for hydroxylation is 1. The van der Waals surface area contributed by atoms with Gasteiger partial charge in [-0.05, 0) is 31.2 Å². The summed E-state index contributed by atoms with van der Waals surface area (Å²) in [6.07, 6.45) is 2.91. The van der Waals surface area contributed by atoms with Gasteiger partial charge in [-0.15, -0.1) is 0 Å². The fourth-order valence-electron chi connectivity index (χ4n) is 3.45. The van der Waals surface area contributed by atoms with Crippen LogP contribution in [0.25, 0.3) is 5.65 Å². The van der Waals surface area contributed by atoms with Gasteiger partial charge >= 0.3 is 0 Å². The van der Waals surface area contributed by atoms with Crippen LogP contribution in [-0.4, -0.2) is 15.2 Å². The summed E-state index contributed by atoms with van der Waals surface area (Å²) in [7, 11) is 0. The summed E-state index contributed by atoms with van der Waals surface area (Å²) < 4.78 is 1.70. The summed E-state index contributed by atoms with van der Waals surface area (Å²) >= 11 is 0. The zero-order chi connectivity index (χ0) is 16.0. The number of nitrogens with zero attached hydrogens (tertiary/aromatic N) is 1. The highest BCUT2D eigenvalue weighted by Crippen LogP contribution is 2.26. The van der Waals surface area contributed by atoms with Crippen molar-refractivity contribution in [2.45, 2.75) is 26.2 Å². The van der Waals surface area contributed by atoms with Crippen LogP contribution in [0.15, 0.2) is 47.3 Å². The monoisotopic (exact) mass is 306 g/mol. The Bertz CT molecular complexity index is 951. The molecule has 116 valence electrons. The maximum atomic E-state index is 12.8. The van der Waals surface area contributed by atoms with E-state index in [9.17, 15) is 9.59 Å². The average molecular weight is 306 g/mol. The zero-order valence-corrected chi connectivity index (χ0v) is 13.0. The second kappa shape index (κ2) is 5.23. The molecule has 1 aliphatic rings. The van der Waals surface area contributed by atoms with Crippen molar-refractivity contribution < 1.29 is 4.79 Å². The third-order valence-corrected chi connectivity index (χ3v) is 4.69. The van der Waals surface area contributed by atoms with Gasteiger partial charge in [0, 0.05) is 23.0 Å². The van der Waals surface area contributed by atoms with Gasteiger partial charge in [-0.1, -0.05) is 37.3 Å². The zero-order valence-electron chi connectivity index (χ0n) is 13.0. The Morgan fingerprint density at radius 3 is 2.74 bits per heavy atom. The number of nitrogens with one attached hydrogen (secondary N) is 1. The van der Waals surface area contributed by atoms with Crippen molar-refractivity contribution in [3.63, 3.8) is 0 Å². The van der Waals surface area contributed by atoms with Gasteiger partial charge in [0.1, 0.15) is 5.65 Å². The fourth-order valence-corrected chi connectivity index (χ4v) is 3.45. The Morgan fingerprint density at radius 2 is 1.96 bits per heavy atom. The molecule has 0 bridgehead atoms. The molecule has 4 nitrogen and oxygen atoms in total. The van der Waals surface area contributed by atoms with E-state index in [-0.39, 0.29) is 11.3 Å². The van der Waals surface area contributed by atoms with Gasteiger partial charge in [0.05, 0.1) is 5.56 Å². The summed E-state index contributed by atoms with van der Waals surface area (Å²) in [6, 6.07) is 12.3. The largest absolute Gasteiger partial charge is 0.343 e. The minimum absolute atomic E-state index is 0.0604. The van der Waals surface area contributed by atoms with Gasteiger partial charge < -0.3 is 4.98 Å². The SMILES string of the molecule is CC1CCc2[nH]c3c(C(=O)c4ccccc4)ccc(=O)n3c2C1. The number of H-pyrrole nitrogens is 1. The third kappa shape index (κ3) is 2.22. The summed E-state index contributed by atoms with van der Waals surface area (Å²) in [5.74, 6) is 0.497. The molecule has 2 heterocycles. The number of hydrogen-bond donors (Lipinski definition) is 1. The molecule has 1 aliphatic carbocycles. The van der Waals surface area contributed by atoms with Gasteiger partial charge in [-0.3, -0.25) is 14.0 Å². The molecule has 0 saturated carbocycles. The Balaban J connectivity index is 1.94. The molecule has 0 fully saturated rings. The minimum atomic E-state index is -0.0730. The van der Waals surface area contributed by atoms with Crippen LogP contribution in [0.5, 0.6) is 0 Å². The molecule has 0 amide bonds. The lowest BCUT2D eigenvalue weighted by molar-refractivity contribution is 0.104. The molecule has 1 unspecified atom stereocenters. The van der Waals surface area contributed by atoms with Crippen LogP contribution in [0, 0.1) is 5.92 Å². The van der Waals surface area contributed by atoms with Crippen molar-refractivity contribution in [2.75, 3.05) is 0 Å². The first-order valence-corrected chi connectivity index (χ1v) is 8.00. The highest BCUT2D eigenvalue weighted by Gasteiger charge is 2.23. The number of benzene rings is 1. The lowest BCUT2D eigenvalue weighted by atomic mass is 9.91. The maximum absolute atomic E-state index is 12.8. The highest BCUT2D eigenvalue weighted by molar-refractivity contribution is 6.12. The van der Waals surface area contributed by atoms with Gasteiger partial charge in [0.25, 0.3) is 5.56 Å². The molecule has 1 atom stereocenters. The predicted molar refractivity (Wildman–Crippen MR) is 89.1 cm³/mol. The number of carbonyl (C=O) groups excluding carboxylic acids is 1. The molecular formula is C19H18N2O2. The second-order valence-corrected chi connectivity index (χ2v) is 6.36. The number of hydrogen-bond acceptors (Lipinski definition) is 2. The molecule has 3 aromatic rings. The van der Waals surface area contributed by atoms with E-state index in [1.807, 2.05) is 18.2 Å². The van der Waals surface area contributed by atoms with E-state index in [1.54, 1.807) is 22.6 Å². The number of ketones is 1. The average Bonchev–Trinajstić information content (AvgIpc) is 2.95. The van der Waals surface area contributed by atoms with Gasteiger partial charge in [-0.25, -0.2) is 0 Å². The second-order valence-electron chi connectivity index (χ2n) is 6.36. The molecule has 0 aliphatic heterocycles. The summed E-state index contributed by atoms with van der Waals surface area (Å²) in [6.45, 7) is 2.20. The Hall–Kier alpha value is -2.62. The first-order chi connectivity index (χ1) is 11.1. The molecule has 0 saturated heterocycles. The van der Waals surface area contributed by atoms with E-state index < -0.39 is 0 Å². The van der Waals surface area contributed by atoms with E-state index in [0.29, 0.717) is 22.7 Å². The van der Waals surface area contributed by atoms with Crippen LogP contribution in [0.3, 0.4) is 0 Å². The highest BCUT2D eigenvalue weighted by atomic mass is 16.1. The van der Waals surface area contributed by atoms with Crippen molar-refractivity contribution in [1.29, 1.82) is 0 Å². The van der Waals surface area contributed by atoms with Gasteiger partial charge in [0.15, 0.2) is 5.78 Å². The number of aromatic amines is 1. The molecule has 4 heteroatoms. The third-order valence-electron chi connectivity index (χ3n) is 4.69. The first-order valence-electron chi connectivity index (χ1n) is 8.00. The smallest absolute Gasteiger partial charge is 0.256 e. The normalized spacial score (nSPS) is 17.2. The summed E-state index contributed by atoms with van der Waals surface area (Å²) in [4.78, 5) is 28.5. The van der Waals surface area contributed by atoms with E-state index in [2.05, 4.69) is 11.9 Å². The molecule has 0 spiro atoms.